The van der Waals surface area contributed by atoms with Crippen LogP contribution in [0.5, 0.6) is 0 Å². The summed E-state index contributed by atoms with van der Waals surface area (Å²) in [6, 6.07) is 7.87. The number of nitrogens with zero attached hydrogens (tertiary/aromatic N) is 2. The number of likely N-dealkylation sites (N-methyl/N-ethyl adjacent to an activating group) is 1. The van der Waals surface area contributed by atoms with E-state index in [9.17, 15) is 4.79 Å². The highest BCUT2D eigenvalue weighted by atomic mass is 35.5. The number of aryl methyl sites for hydroxylation is 1. The molecule has 1 aromatic carbocycles. The fourth-order valence-corrected chi connectivity index (χ4v) is 2.73. The number of halogens is 2. The number of fused-ring (bicyclic) bond motifs is 1. The van der Waals surface area contributed by atoms with E-state index in [-0.39, 0.29) is 30.7 Å². The van der Waals surface area contributed by atoms with Crippen LogP contribution in [-0.2, 0) is 17.8 Å². The monoisotopic (exact) mass is 356 g/mol. The van der Waals surface area contributed by atoms with Crippen molar-refractivity contribution >= 4 is 36.4 Å². The number of carbonyl (C=O) groups is 1. The van der Waals surface area contributed by atoms with E-state index in [1.54, 1.807) is 7.05 Å². The van der Waals surface area contributed by atoms with Crippen molar-refractivity contribution in [2.24, 2.45) is 0 Å². The molecule has 5 nitrogen and oxygen atoms in total. The van der Waals surface area contributed by atoms with E-state index in [4.69, 9.17) is 0 Å². The van der Waals surface area contributed by atoms with E-state index in [0.29, 0.717) is 6.54 Å². The lowest BCUT2D eigenvalue weighted by molar-refractivity contribution is -0.115. The first-order chi connectivity index (χ1) is 10.3. The van der Waals surface area contributed by atoms with Crippen LogP contribution in [0.4, 0.5) is 5.69 Å². The fourth-order valence-electron chi connectivity index (χ4n) is 2.73. The van der Waals surface area contributed by atoms with Crippen LogP contribution in [0.2, 0.25) is 0 Å². The van der Waals surface area contributed by atoms with Gasteiger partial charge < -0.3 is 15.2 Å². The maximum absolute atomic E-state index is 11.5. The van der Waals surface area contributed by atoms with Crippen molar-refractivity contribution in [1.82, 2.24) is 14.9 Å². The Balaban J connectivity index is 0.00000132. The number of benzene rings is 1. The van der Waals surface area contributed by atoms with E-state index >= 15 is 0 Å². The van der Waals surface area contributed by atoms with Gasteiger partial charge in [-0.3, -0.25) is 4.79 Å². The van der Waals surface area contributed by atoms with Crippen molar-refractivity contribution in [3.8, 4) is 11.4 Å². The molecule has 1 aromatic heterocycles. The molecule has 1 aliphatic heterocycles. The molecule has 2 heterocycles. The molecule has 1 amide bonds. The van der Waals surface area contributed by atoms with Gasteiger partial charge in [-0.25, -0.2) is 4.98 Å². The molecule has 126 valence electrons. The summed E-state index contributed by atoms with van der Waals surface area (Å²) in [4.78, 5) is 16.1. The third-order valence-corrected chi connectivity index (χ3v) is 3.77. The Morgan fingerprint density at radius 1 is 1.22 bits per heavy atom. The summed E-state index contributed by atoms with van der Waals surface area (Å²) in [5.74, 6) is 0.987. The Hall–Kier alpha value is -1.56. The number of aromatic nitrogens is 2. The molecule has 0 spiro atoms. The Morgan fingerprint density at radius 3 is 2.65 bits per heavy atom. The zero-order chi connectivity index (χ0) is 14.7. The van der Waals surface area contributed by atoms with Gasteiger partial charge in [0.05, 0.1) is 6.54 Å². The third kappa shape index (κ3) is 4.47. The van der Waals surface area contributed by atoms with Crippen LogP contribution in [0.1, 0.15) is 18.5 Å². The Morgan fingerprint density at radius 2 is 1.96 bits per heavy atom. The van der Waals surface area contributed by atoms with Gasteiger partial charge in [0.15, 0.2) is 0 Å². The van der Waals surface area contributed by atoms with Crippen molar-refractivity contribution in [1.29, 1.82) is 0 Å². The maximum Gasteiger partial charge on any atom is 0.238 e. The number of anilines is 1. The van der Waals surface area contributed by atoms with Gasteiger partial charge in [0.2, 0.25) is 5.91 Å². The molecule has 0 atom stereocenters. The van der Waals surface area contributed by atoms with Gasteiger partial charge >= 0.3 is 0 Å². The van der Waals surface area contributed by atoms with E-state index in [2.05, 4.69) is 20.2 Å². The SMILES string of the molecule is CNCC(=O)Nc1ccc(-c2ncc3n2CCCC3)cc1.Cl.Cl. The Bertz CT molecular complexity index is 640. The number of nitrogens with one attached hydrogen (secondary N) is 2. The summed E-state index contributed by atoms with van der Waals surface area (Å²) >= 11 is 0. The molecule has 0 aliphatic carbocycles. The minimum Gasteiger partial charge on any atom is -0.328 e. The van der Waals surface area contributed by atoms with Gasteiger partial charge in [-0.15, -0.1) is 24.8 Å². The van der Waals surface area contributed by atoms with Crippen LogP contribution in [0.3, 0.4) is 0 Å². The number of hydrogen-bond acceptors (Lipinski definition) is 3. The van der Waals surface area contributed by atoms with Crippen LogP contribution in [0, 0.1) is 0 Å². The molecule has 0 bridgehead atoms. The summed E-state index contributed by atoms with van der Waals surface area (Å²) in [5.41, 5.74) is 3.22. The average molecular weight is 357 g/mol. The molecular weight excluding hydrogens is 335 g/mol. The number of hydrogen-bond donors (Lipinski definition) is 2. The lowest BCUT2D eigenvalue weighted by atomic mass is 10.1. The molecule has 23 heavy (non-hydrogen) atoms. The van der Waals surface area contributed by atoms with Crippen LogP contribution in [-0.4, -0.2) is 29.1 Å². The number of rotatable bonds is 4. The molecule has 2 N–H and O–H groups in total. The van der Waals surface area contributed by atoms with Gasteiger partial charge in [0, 0.05) is 29.7 Å². The second-order valence-corrected chi connectivity index (χ2v) is 5.34. The van der Waals surface area contributed by atoms with Crippen molar-refractivity contribution in [3.63, 3.8) is 0 Å². The molecule has 0 fully saturated rings. The van der Waals surface area contributed by atoms with Gasteiger partial charge in [-0.05, 0) is 50.6 Å². The van der Waals surface area contributed by atoms with Crippen molar-refractivity contribution in [2.75, 3.05) is 18.9 Å². The summed E-state index contributed by atoms with van der Waals surface area (Å²) in [5, 5.41) is 5.68. The van der Waals surface area contributed by atoms with Crippen LogP contribution in [0.15, 0.2) is 30.5 Å². The number of amides is 1. The number of imidazole rings is 1. The first kappa shape index (κ1) is 19.5. The van der Waals surface area contributed by atoms with Gasteiger partial charge in [-0.2, -0.15) is 0 Å². The Labute approximate surface area is 148 Å². The molecule has 0 unspecified atom stereocenters. The summed E-state index contributed by atoms with van der Waals surface area (Å²) < 4.78 is 2.30. The van der Waals surface area contributed by atoms with Crippen molar-refractivity contribution in [3.05, 3.63) is 36.2 Å². The Kier molecular flexibility index (Phi) is 7.55. The minimum absolute atomic E-state index is 0. The average Bonchev–Trinajstić information content (AvgIpc) is 2.92. The van der Waals surface area contributed by atoms with E-state index in [1.165, 1.54) is 18.5 Å². The first-order valence-electron chi connectivity index (χ1n) is 7.37. The standard InChI is InChI=1S/C16H20N4O.2ClH/c1-17-11-15(21)19-13-7-5-12(6-8-13)16-18-10-14-4-2-3-9-20(14)16;;/h5-8,10,17H,2-4,9,11H2,1H3,(H,19,21);2*1H. The zero-order valence-corrected chi connectivity index (χ0v) is 14.7. The summed E-state index contributed by atoms with van der Waals surface area (Å²) in [7, 11) is 1.75. The van der Waals surface area contributed by atoms with Crippen molar-refractivity contribution < 1.29 is 4.79 Å². The van der Waals surface area contributed by atoms with Gasteiger partial charge in [-0.1, -0.05) is 0 Å². The zero-order valence-electron chi connectivity index (χ0n) is 13.0. The maximum atomic E-state index is 11.5. The topological polar surface area (TPSA) is 59.0 Å². The minimum atomic E-state index is -0.0385. The number of carbonyl (C=O) groups excluding carboxylic acids is 1. The second-order valence-electron chi connectivity index (χ2n) is 5.34. The predicted octanol–water partition coefficient (Wildman–Crippen LogP) is 2.89. The normalized spacial score (nSPS) is 12.6. The third-order valence-electron chi connectivity index (χ3n) is 3.77. The molecule has 3 rings (SSSR count). The van der Waals surface area contributed by atoms with E-state index < -0.39 is 0 Å². The van der Waals surface area contributed by atoms with Crippen LogP contribution >= 0.6 is 24.8 Å². The second kappa shape index (κ2) is 8.91. The van der Waals surface area contributed by atoms with Crippen LogP contribution in [0.25, 0.3) is 11.4 Å². The highest BCUT2D eigenvalue weighted by Gasteiger charge is 2.15. The van der Waals surface area contributed by atoms with E-state index in [1.807, 2.05) is 30.5 Å². The fraction of sp³-hybridized carbons (Fsp3) is 0.375. The molecule has 0 radical (unpaired) electrons. The predicted molar refractivity (Wildman–Crippen MR) is 97.7 cm³/mol. The highest BCUT2D eigenvalue weighted by molar-refractivity contribution is 5.92. The van der Waals surface area contributed by atoms with E-state index in [0.717, 1.165) is 30.0 Å². The molecule has 1 aliphatic rings. The first-order valence-corrected chi connectivity index (χ1v) is 7.37. The van der Waals surface area contributed by atoms with Gasteiger partial charge in [0.1, 0.15) is 5.82 Å². The molecule has 2 aromatic rings. The summed E-state index contributed by atoms with van der Waals surface area (Å²) in [6.45, 7) is 1.36. The molecular formula is C16H22Cl2N4O. The largest absolute Gasteiger partial charge is 0.328 e. The van der Waals surface area contributed by atoms with Gasteiger partial charge in [0.25, 0.3) is 0 Å². The molecule has 0 saturated carbocycles. The highest BCUT2D eigenvalue weighted by Crippen LogP contribution is 2.25. The lowest BCUT2D eigenvalue weighted by Gasteiger charge is -2.16. The van der Waals surface area contributed by atoms with Crippen molar-refractivity contribution in [2.45, 2.75) is 25.8 Å². The summed E-state index contributed by atoms with van der Waals surface area (Å²) in [6.07, 6.45) is 5.57. The molecule has 7 heteroatoms. The quantitative estimate of drug-likeness (QED) is 0.885. The van der Waals surface area contributed by atoms with Crippen LogP contribution < -0.4 is 10.6 Å². The lowest BCUT2D eigenvalue weighted by Crippen LogP contribution is -2.24. The molecule has 0 saturated heterocycles. The smallest absolute Gasteiger partial charge is 0.238 e.